The summed E-state index contributed by atoms with van der Waals surface area (Å²) in [5, 5.41) is 4.95. The zero-order valence-electron chi connectivity index (χ0n) is 21.7. The van der Waals surface area contributed by atoms with Gasteiger partial charge < -0.3 is 9.88 Å². The number of thiophene rings is 1. The Labute approximate surface area is 233 Å². The smallest absolute Gasteiger partial charge is 0.271 e. The molecule has 0 bridgehead atoms. The number of aryl methyl sites for hydroxylation is 1. The van der Waals surface area contributed by atoms with E-state index in [0.717, 1.165) is 27.5 Å². The van der Waals surface area contributed by atoms with Crippen molar-refractivity contribution in [3.05, 3.63) is 137 Å². The molecule has 0 unspecified atom stereocenters. The maximum absolute atomic E-state index is 14.0. The molecule has 194 valence electrons. The molecule has 1 atom stereocenters. The third kappa shape index (κ3) is 4.51. The van der Waals surface area contributed by atoms with Gasteiger partial charge in [-0.2, -0.15) is 0 Å². The van der Waals surface area contributed by atoms with E-state index in [-0.39, 0.29) is 11.5 Å². The Kier molecular flexibility index (Phi) is 6.50. The van der Waals surface area contributed by atoms with Gasteiger partial charge in [0.15, 0.2) is 4.80 Å². The molecule has 0 spiro atoms. The van der Waals surface area contributed by atoms with Crippen LogP contribution in [0.15, 0.2) is 105 Å². The van der Waals surface area contributed by atoms with Crippen LogP contribution in [-0.2, 0) is 4.79 Å². The first kappa shape index (κ1) is 25.0. The molecule has 1 N–H and O–H groups in total. The van der Waals surface area contributed by atoms with Gasteiger partial charge in [0.25, 0.3) is 11.5 Å². The molecule has 39 heavy (non-hydrogen) atoms. The van der Waals surface area contributed by atoms with E-state index in [1.807, 2.05) is 79.0 Å². The summed E-state index contributed by atoms with van der Waals surface area (Å²) >= 11 is 2.88. The Bertz CT molecular complexity index is 1890. The van der Waals surface area contributed by atoms with E-state index in [9.17, 15) is 9.59 Å². The summed E-state index contributed by atoms with van der Waals surface area (Å²) in [4.78, 5) is 33.8. The minimum absolute atomic E-state index is 0.154. The van der Waals surface area contributed by atoms with Gasteiger partial charge in [-0.25, -0.2) is 4.99 Å². The Morgan fingerprint density at radius 3 is 2.38 bits per heavy atom. The third-order valence-electron chi connectivity index (χ3n) is 6.88. The highest BCUT2D eigenvalue weighted by atomic mass is 32.1. The van der Waals surface area contributed by atoms with Crippen LogP contribution in [0.1, 0.15) is 34.8 Å². The van der Waals surface area contributed by atoms with Crippen LogP contribution in [0.3, 0.4) is 0 Å². The highest BCUT2D eigenvalue weighted by Crippen LogP contribution is 2.33. The molecule has 5 aromatic rings. The Balaban J connectivity index is 1.47. The maximum Gasteiger partial charge on any atom is 0.271 e. The number of nitrogens with zero attached hydrogens (tertiary/aromatic N) is 3. The van der Waals surface area contributed by atoms with Crippen molar-refractivity contribution in [3.63, 3.8) is 0 Å². The van der Waals surface area contributed by atoms with Crippen molar-refractivity contribution in [1.29, 1.82) is 0 Å². The summed E-state index contributed by atoms with van der Waals surface area (Å²) < 4.78 is 4.44. The molecule has 1 amide bonds. The quantitative estimate of drug-likeness (QED) is 0.321. The number of aromatic nitrogens is 2. The lowest BCUT2D eigenvalue weighted by Crippen LogP contribution is -2.40. The second-order valence-electron chi connectivity index (χ2n) is 9.41. The second kappa shape index (κ2) is 10.1. The van der Waals surface area contributed by atoms with E-state index >= 15 is 0 Å². The molecule has 0 radical (unpaired) electrons. The van der Waals surface area contributed by atoms with Gasteiger partial charge in [-0.05, 0) is 74.2 Å². The van der Waals surface area contributed by atoms with E-state index in [0.29, 0.717) is 26.3 Å². The summed E-state index contributed by atoms with van der Waals surface area (Å²) in [7, 11) is 0. The zero-order valence-corrected chi connectivity index (χ0v) is 23.3. The van der Waals surface area contributed by atoms with Gasteiger partial charge >= 0.3 is 0 Å². The van der Waals surface area contributed by atoms with Crippen LogP contribution in [0, 0.1) is 13.8 Å². The summed E-state index contributed by atoms with van der Waals surface area (Å²) in [6, 6.07) is 25.0. The fourth-order valence-corrected chi connectivity index (χ4v) is 6.96. The number of amides is 1. The second-order valence-corrected chi connectivity index (χ2v) is 11.4. The normalized spacial score (nSPS) is 15.3. The van der Waals surface area contributed by atoms with E-state index in [1.165, 1.54) is 22.7 Å². The number of allylic oxidation sites excluding steroid dienone is 1. The van der Waals surface area contributed by atoms with E-state index in [2.05, 4.69) is 41.9 Å². The molecule has 0 saturated heterocycles. The van der Waals surface area contributed by atoms with Crippen molar-refractivity contribution in [3.8, 4) is 5.69 Å². The number of benzene rings is 2. The summed E-state index contributed by atoms with van der Waals surface area (Å²) in [5.41, 5.74) is 5.82. The largest absolute Gasteiger partial charge is 0.322 e. The van der Waals surface area contributed by atoms with Crippen LogP contribution >= 0.6 is 22.7 Å². The molecule has 1 aliphatic rings. The fourth-order valence-electron chi connectivity index (χ4n) is 5.10. The van der Waals surface area contributed by atoms with E-state index < -0.39 is 6.04 Å². The number of hydrogen-bond acceptors (Lipinski definition) is 5. The van der Waals surface area contributed by atoms with E-state index in [1.54, 1.807) is 4.57 Å². The minimum Gasteiger partial charge on any atom is -0.322 e. The van der Waals surface area contributed by atoms with Crippen LogP contribution in [0.5, 0.6) is 0 Å². The first-order chi connectivity index (χ1) is 18.9. The number of fused-ring (bicyclic) bond motifs is 1. The number of hydrogen-bond donors (Lipinski definition) is 1. The van der Waals surface area contributed by atoms with Gasteiger partial charge in [0.2, 0.25) is 0 Å². The van der Waals surface area contributed by atoms with Gasteiger partial charge in [0, 0.05) is 27.6 Å². The van der Waals surface area contributed by atoms with Crippen molar-refractivity contribution >= 4 is 40.3 Å². The van der Waals surface area contributed by atoms with Gasteiger partial charge in [-0.1, -0.05) is 53.8 Å². The predicted molar refractivity (Wildman–Crippen MR) is 158 cm³/mol. The number of carbonyl (C=O) groups is 1. The van der Waals surface area contributed by atoms with Crippen molar-refractivity contribution < 1.29 is 4.79 Å². The first-order valence-electron chi connectivity index (χ1n) is 12.6. The molecular formula is C31H26N4O2S2. The van der Waals surface area contributed by atoms with Crippen LogP contribution in [0.2, 0.25) is 0 Å². The van der Waals surface area contributed by atoms with Gasteiger partial charge in [-0.15, -0.1) is 11.3 Å². The first-order valence-corrected chi connectivity index (χ1v) is 14.3. The van der Waals surface area contributed by atoms with Crippen LogP contribution < -0.4 is 20.2 Å². The van der Waals surface area contributed by atoms with Gasteiger partial charge in [-0.3, -0.25) is 14.2 Å². The third-order valence-corrected chi connectivity index (χ3v) is 8.79. The Hall–Kier alpha value is -4.27. The molecule has 1 aliphatic heterocycles. The number of rotatable bonds is 5. The Morgan fingerprint density at radius 1 is 0.974 bits per heavy atom. The molecule has 6 nitrogen and oxygen atoms in total. The summed E-state index contributed by atoms with van der Waals surface area (Å²) in [5.74, 6) is -0.262. The van der Waals surface area contributed by atoms with Crippen molar-refractivity contribution in [2.24, 2.45) is 4.99 Å². The summed E-state index contributed by atoms with van der Waals surface area (Å²) in [6.07, 6.45) is 1.94. The topological polar surface area (TPSA) is 68.4 Å². The lowest BCUT2D eigenvalue weighted by Gasteiger charge is -2.24. The van der Waals surface area contributed by atoms with Crippen molar-refractivity contribution in [2.75, 3.05) is 5.32 Å². The van der Waals surface area contributed by atoms with Crippen LogP contribution in [-0.4, -0.2) is 15.0 Å². The lowest BCUT2D eigenvalue weighted by molar-refractivity contribution is -0.113. The minimum atomic E-state index is -0.552. The molecule has 0 aliphatic carbocycles. The number of para-hydroxylation sites is 2. The standard InChI is InChI=1S/C31H26N4O2S2/c1-19-17-22(21(3)34(19)24-13-8-5-9-14-24)18-26-30(37)35-28(25-15-10-16-38-25)27(20(2)32-31(35)39-26)29(36)33-23-11-6-4-7-12-23/h4-18,28H,1-3H3,(H,33,36)/t28-/m1/s1. The number of anilines is 1. The van der Waals surface area contributed by atoms with Gasteiger partial charge in [0.05, 0.1) is 15.8 Å². The van der Waals surface area contributed by atoms with Crippen LogP contribution in [0.25, 0.3) is 11.8 Å². The van der Waals surface area contributed by atoms with Crippen LogP contribution in [0.4, 0.5) is 5.69 Å². The average Bonchev–Trinajstić information content (AvgIpc) is 3.63. The number of thiazole rings is 1. The molecule has 3 aromatic heterocycles. The van der Waals surface area contributed by atoms with Gasteiger partial charge in [0.1, 0.15) is 6.04 Å². The highest BCUT2D eigenvalue weighted by molar-refractivity contribution is 7.10. The monoisotopic (exact) mass is 550 g/mol. The fraction of sp³-hybridized carbons (Fsp3) is 0.129. The Morgan fingerprint density at radius 2 is 1.69 bits per heavy atom. The molecule has 0 saturated carbocycles. The zero-order chi connectivity index (χ0) is 27.1. The number of nitrogens with one attached hydrogen (secondary N) is 1. The SMILES string of the molecule is CC1=C(C(=O)Nc2ccccc2)[C@@H](c2cccs2)n2c(sc(=Cc3cc(C)n(-c4ccccc4)c3C)c2=O)=N1. The molecule has 4 heterocycles. The lowest BCUT2D eigenvalue weighted by atomic mass is 10.0. The molecular weight excluding hydrogens is 525 g/mol. The van der Waals surface area contributed by atoms with Crippen molar-refractivity contribution in [2.45, 2.75) is 26.8 Å². The average molecular weight is 551 g/mol. The molecule has 2 aromatic carbocycles. The number of carbonyl (C=O) groups excluding carboxylic acids is 1. The predicted octanol–water partition coefficient (Wildman–Crippen LogP) is 5.34. The van der Waals surface area contributed by atoms with E-state index in [4.69, 9.17) is 4.99 Å². The van der Waals surface area contributed by atoms with Crippen molar-refractivity contribution in [1.82, 2.24) is 9.13 Å². The molecule has 6 rings (SSSR count). The molecule has 8 heteroatoms. The maximum atomic E-state index is 14.0. The summed E-state index contributed by atoms with van der Waals surface area (Å²) in [6.45, 7) is 5.97. The highest BCUT2D eigenvalue weighted by Gasteiger charge is 2.33. The molecule has 0 fully saturated rings.